The van der Waals surface area contributed by atoms with Gasteiger partial charge >= 0.3 is 0 Å². The highest BCUT2D eigenvalue weighted by Crippen LogP contribution is 2.35. The van der Waals surface area contributed by atoms with E-state index in [0.717, 1.165) is 11.3 Å². The standard InChI is InChI=1S/C10H10N2S/c1-7-6-13-10-11-8-4-2-3-5-9(8)12(7)10/h2-5,7H,6H2,1H3. The maximum atomic E-state index is 4.57. The van der Waals surface area contributed by atoms with Crippen molar-refractivity contribution in [1.29, 1.82) is 0 Å². The molecule has 0 aliphatic carbocycles. The van der Waals surface area contributed by atoms with E-state index in [1.807, 2.05) is 17.8 Å². The summed E-state index contributed by atoms with van der Waals surface area (Å²) in [7, 11) is 0. The van der Waals surface area contributed by atoms with Gasteiger partial charge < -0.3 is 4.57 Å². The van der Waals surface area contributed by atoms with E-state index in [2.05, 4.69) is 34.7 Å². The summed E-state index contributed by atoms with van der Waals surface area (Å²) in [6.07, 6.45) is 0. The Morgan fingerprint density at radius 1 is 1.46 bits per heavy atom. The average Bonchev–Trinajstić information content (AvgIpc) is 2.66. The summed E-state index contributed by atoms with van der Waals surface area (Å²) >= 11 is 1.85. The Kier molecular flexibility index (Phi) is 1.44. The molecule has 0 saturated heterocycles. The number of fused-ring (bicyclic) bond motifs is 3. The zero-order valence-electron chi connectivity index (χ0n) is 7.40. The van der Waals surface area contributed by atoms with Crippen molar-refractivity contribution in [3.8, 4) is 0 Å². The van der Waals surface area contributed by atoms with Gasteiger partial charge in [0.2, 0.25) is 0 Å². The molecular formula is C10H10N2S. The van der Waals surface area contributed by atoms with Crippen molar-refractivity contribution in [2.75, 3.05) is 5.75 Å². The first kappa shape index (κ1) is 7.44. The van der Waals surface area contributed by atoms with Crippen molar-refractivity contribution in [2.24, 2.45) is 0 Å². The lowest BCUT2D eigenvalue weighted by molar-refractivity contribution is 0.601. The van der Waals surface area contributed by atoms with Crippen LogP contribution >= 0.6 is 11.8 Å². The summed E-state index contributed by atoms with van der Waals surface area (Å²) in [5.74, 6) is 1.16. The van der Waals surface area contributed by atoms with Crippen molar-refractivity contribution in [3.63, 3.8) is 0 Å². The predicted molar refractivity (Wildman–Crippen MR) is 55.2 cm³/mol. The van der Waals surface area contributed by atoms with E-state index < -0.39 is 0 Å². The molecule has 13 heavy (non-hydrogen) atoms. The van der Waals surface area contributed by atoms with Crippen molar-refractivity contribution < 1.29 is 0 Å². The number of hydrogen-bond donors (Lipinski definition) is 0. The third-order valence-electron chi connectivity index (χ3n) is 2.46. The van der Waals surface area contributed by atoms with Crippen LogP contribution in [0.4, 0.5) is 0 Å². The molecule has 2 heterocycles. The van der Waals surface area contributed by atoms with Gasteiger partial charge in [-0.1, -0.05) is 23.9 Å². The van der Waals surface area contributed by atoms with Gasteiger partial charge in [-0.15, -0.1) is 0 Å². The Bertz CT molecular complexity index is 461. The average molecular weight is 190 g/mol. The third-order valence-corrected chi connectivity index (χ3v) is 3.65. The number of rotatable bonds is 0. The summed E-state index contributed by atoms with van der Waals surface area (Å²) in [6.45, 7) is 2.25. The van der Waals surface area contributed by atoms with Crippen LogP contribution in [-0.2, 0) is 0 Å². The third kappa shape index (κ3) is 0.936. The van der Waals surface area contributed by atoms with E-state index in [1.165, 1.54) is 10.7 Å². The molecule has 0 fully saturated rings. The fourth-order valence-corrected chi connectivity index (χ4v) is 2.94. The van der Waals surface area contributed by atoms with Gasteiger partial charge in [-0.3, -0.25) is 0 Å². The summed E-state index contributed by atoms with van der Waals surface area (Å²) in [4.78, 5) is 4.57. The van der Waals surface area contributed by atoms with Crippen LogP contribution in [0.2, 0.25) is 0 Å². The van der Waals surface area contributed by atoms with Gasteiger partial charge in [-0.25, -0.2) is 4.98 Å². The number of aromatic nitrogens is 2. The molecular weight excluding hydrogens is 180 g/mol. The molecule has 0 amide bonds. The summed E-state index contributed by atoms with van der Waals surface area (Å²) in [5.41, 5.74) is 2.39. The minimum atomic E-state index is 0.590. The van der Waals surface area contributed by atoms with E-state index >= 15 is 0 Å². The van der Waals surface area contributed by atoms with Crippen LogP contribution in [0.1, 0.15) is 13.0 Å². The molecule has 0 bridgehead atoms. The number of hydrogen-bond acceptors (Lipinski definition) is 2. The fraction of sp³-hybridized carbons (Fsp3) is 0.300. The predicted octanol–water partition coefficient (Wildman–Crippen LogP) is 2.70. The summed E-state index contributed by atoms with van der Waals surface area (Å²) in [5, 5.41) is 1.17. The van der Waals surface area contributed by atoms with E-state index in [4.69, 9.17) is 0 Å². The quantitative estimate of drug-likeness (QED) is 0.635. The first-order valence-electron chi connectivity index (χ1n) is 4.46. The molecule has 0 radical (unpaired) electrons. The lowest BCUT2D eigenvalue weighted by Crippen LogP contribution is -2.00. The van der Waals surface area contributed by atoms with Gasteiger partial charge in [0.1, 0.15) is 0 Å². The second kappa shape index (κ2) is 2.51. The van der Waals surface area contributed by atoms with Gasteiger partial charge in [0, 0.05) is 11.8 Å². The van der Waals surface area contributed by atoms with Crippen LogP contribution in [0.15, 0.2) is 29.4 Å². The molecule has 66 valence electrons. The van der Waals surface area contributed by atoms with Gasteiger partial charge in [-0.05, 0) is 19.1 Å². The maximum Gasteiger partial charge on any atom is 0.169 e. The molecule has 1 aliphatic rings. The highest BCUT2D eigenvalue weighted by Gasteiger charge is 2.22. The molecule has 1 aliphatic heterocycles. The van der Waals surface area contributed by atoms with Gasteiger partial charge in [0.05, 0.1) is 11.0 Å². The van der Waals surface area contributed by atoms with Crippen LogP contribution in [-0.4, -0.2) is 15.3 Å². The van der Waals surface area contributed by atoms with E-state index in [-0.39, 0.29) is 0 Å². The Balaban J connectivity index is 2.40. The van der Waals surface area contributed by atoms with E-state index in [9.17, 15) is 0 Å². The lowest BCUT2D eigenvalue weighted by atomic mass is 10.3. The van der Waals surface area contributed by atoms with Crippen LogP contribution in [0, 0.1) is 0 Å². The van der Waals surface area contributed by atoms with Crippen molar-refractivity contribution in [3.05, 3.63) is 24.3 Å². The first-order valence-corrected chi connectivity index (χ1v) is 5.44. The fourth-order valence-electron chi connectivity index (χ4n) is 1.82. The van der Waals surface area contributed by atoms with Crippen LogP contribution in [0.25, 0.3) is 11.0 Å². The van der Waals surface area contributed by atoms with Gasteiger partial charge in [-0.2, -0.15) is 0 Å². The largest absolute Gasteiger partial charge is 0.315 e. The maximum absolute atomic E-state index is 4.57. The normalized spacial score (nSPS) is 20.8. The lowest BCUT2D eigenvalue weighted by Gasteiger charge is -2.05. The van der Waals surface area contributed by atoms with E-state index in [1.54, 1.807) is 0 Å². The molecule has 0 spiro atoms. The summed E-state index contributed by atoms with van der Waals surface area (Å²) < 4.78 is 2.33. The topological polar surface area (TPSA) is 17.8 Å². The molecule has 3 heteroatoms. The number of imidazole rings is 1. The Hall–Kier alpha value is -0.960. The van der Waals surface area contributed by atoms with E-state index in [0.29, 0.717) is 6.04 Å². The number of thioether (sulfide) groups is 1. The molecule has 1 aromatic carbocycles. The molecule has 1 unspecified atom stereocenters. The van der Waals surface area contributed by atoms with Crippen molar-refractivity contribution >= 4 is 22.8 Å². The zero-order valence-corrected chi connectivity index (χ0v) is 8.21. The number of benzene rings is 1. The first-order chi connectivity index (χ1) is 6.36. The van der Waals surface area contributed by atoms with Crippen LogP contribution in [0.5, 0.6) is 0 Å². The molecule has 1 aromatic heterocycles. The van der Waals surface area contributed by atoms with Crippen molar-refractivity contribution in [2.45, 2.75) is 18.1 Å². The minimum Gasteiger partial charge on any atom is -0.315 e. The highest BCUT2D eigenvalue weighted by molar-refractivity contribution is 7.99. The molecule has 1 atom stereocenters. The monoisotopic (exact) mass is 190 g/mol. The second-order valence-corrected chi connectivity index (χ2v) is 4.40. The van der Waals surface area contributed by atoms with Crippen LogP contribution in [0.3, 0.4) is 0 Å². The highest BCUT2D eigenvalue weighted by atomic mass is 32.2. The molecule has 0 saturated carbocycles. The smallest absolute Gasteiger partial charge is 0.169 e. The zero-order chi connectivity index (χ0) is 8.84. The number of para-hydroxylation sites is 2. The SMILES string of the molecule is CC1CSc2nc3ccccc3n21. The number of nitrogens with zero attached hydrogens (tertiary/aromatic N) is 2. The molecule has 2 aromatic rings. The second-order valence-electron chi connectivity index (χ2n) is 3.41. The Labute approximate surface area is 81.0 Å². The molecule has 3 rings (SSSR count). The van der Waals surface area contributed by atoms with Crippen molar-refractivity contribution in [1.82, 2.24) is 9.55 Å². The molecule has 0 N–H and O–H groups in total. The van der Waals surface area contributed by atoms with Gasteiger partial charge in [0.15, 0.2) is 5.16 Å². The van der Waals surface area contributed by atoms with Gasteiger partial charge in [0.25, 0.3) is 0 Å². The Morgan fingerprint density at radius 3 is 3.23 bits per heavy atom. The molecule has 2 nitrogen and oxygen atoms in total. The Morgan fingerprint density at radius 2 is 2.31 bits per heavy atom. The summed E-state index contributed by atoms with van der Waals surface area (Å²) in [6, 6.07) is 8.93. The minimum absolute atomic E-state index is 0.590. The van der Waals surface area contributed by atoms with Crippen LogP contribution < -0.4 is 0 Å².